The standard InChI is InChI=1S/C28H33N3O8S/c1-4-31(5-2)20-9-8-17-12-19(7-6-18(17)13-20)22-11-10-21(38-22)16(3)24(14-29)40(36,37)30-15-23-25(32)26(33)27(34)28(35)39-23/h6-13,23,25-28,30,32-35H,4-5,15H2,1-3H3/b24-16+/t23-,25-,26+,27-,28?/m1/s1. The van der Waals surface area contributed by atoms with Crippen LogP contribution in [0.2, 0.25) is 0 Å². The van der Waals surface area contributed by atoms with Gasteiger partial charge in [-0.1, -0.05) is 18.2 Å². The van der Waals surface area contributed by atoms with Crippen LogP contribution in [0.25, 0.3) is 27.7 Å². The number of aliphatic hydroxyl groups is 4. The minimum absolute atomic E-state index is 0.0616. The number of sulfonamides is 1. The van der Waals surface area contributed by atoms with Gasteiger partial charge < -0.3 is 34.5 Å². The quantitative estimate of drug-likeness (QED) is 0.239. The first-order valence-electron chi connectivity index (χ1n) is 12.9. The second-order valence-electron chi connectivity index (χ2n) is 9.54. The van der Waals surface area contributed by atoms with Crippen LogP contribution in [0.5, 0.6) is 0 Å². The molecule has 0 bridgehead atoms. The highest BCUT2D eigenvalue weighted by Crippen LogP contribution is 2.32. The first-order chi connectivity index (χ1) is 19.0. The molecule has 1 aliphatic heterocycles. The summed E-state index contributed by atoms with van der Waals surface area (Å²) in [5.41, 5.74) is 1.98. The Bertz CT molecular complexity index is 1540. The number of aliphatic hydroxyl groups excluding tert-OH is 4. The van der Waals surface area contributed by atoms with E-state index in [1.165, 1.54) is 6.92 Å². The van der Waals surface area contributed by atoms with Gasteiger partial charge in [0.2, 0.25) is 0 Å². The van der Waals surface area contributed by atoms with Gasteiger partial charge in [-0.2, -0.15) is 5.26 Å². The molecule has 0 aliphatic carbocycles. The van der Waals surface area contributed by atoms with E-state index in [1.807, 2.05) is 24.3 Å². The van der Waals surface area contributed by atoms with Gasteiger partial charge in [0, 0.05) is 36.5 Å². The van der Waals surface area contributed by atoms with Gasteiger partial charge in [0.15, 0.2) is 11.2 Å². The highest BCUT2D eigenvalue weighted by Gasteiger charge is 2.43. The average Bonchev–Trinajstić information content (AvgIpc) is 3.44. The molecule has 1 saturated heterocycles. The Morgan fingerprint density at radius 1 is 0.975 bits per heavy atom. The summed E-state index contributed by atoms with van der Waals surface area (Å²) in [5.74, 6) is 0.670. The molecule has 5 N–H and O–H groups in total. The lowest BCUT2D eigenvalue weighted by Gasteiger charge is -2.38. The second-order valence-corrected chi connectivity index (χ2v) is 11.2. The van der Waals surface area contributed by atoms with E-state index in [-0.39, 0.29) is 11.3 Å². The van der Waals surface area contributed by atoms with Gasteiger partial charge in [-0.15, -0.1) is 0 Å². The number of nitrogens with one attached hydrogen (secondary N) is 1. The summed E-state index contributed by atoms with van der Waals surface area (Å²) in [7, 11) is -4.40. The topological polar surface area (TPSA) is 176 Å². The molecule has 2 aromatic carbocycles. The van der Waals surface area contributed by atoms with Crippen molar-refractivity contribution in [2.75, 3.05) is 24.5 Å². The molecule has 1 fully saturated rings. The summed E-state index contributed by atoms with van der Waals surface area (Å²) in [4.78, 5) is 1.65. The fourth-order valence-corrected chi connectivity index (χ4v) is 5.84. The molecule has 11 nitrogen and oxygen atoms in total. The van der Waals surface area contributed by atoms with Crippen molar-refractivity contribution < 1.29 is 38.0 Å². The molecule has 1 unspecified atom stereocenters. The third kappa shape index (κ3) is 5.91. The molecule has 5 atom stereocenters. The van der Waals surface area contributed by atoms with Crippen molar-refractivity contribution in [3.8, 4) is 17.4 Å². The lowest BCUT2D eigenvalue weighted by atomic mass is 9.99. The maximum Gasteiger partial charge on any atom is 0.251 e. The fourth-order valence-electron chi connectivity index (χ4n) is 4.69. The molecular weight excluding hydrogens is 538 g/mol. The Morgan fingerprint density at radius 3 is 2.33 bits per heavy atom. The van der Waals surface area contributed by atoms with Gasteiger partial charge in [-0.05, 0) is 61.9 Å². The van der Waals surface area contributed by atoms with Crippen molar-refractivity contribution in [2.24, 2.45) is 0 Å². The molecule has 0 radical (unpaired) electrons. The molecule has 2 heterocycles. The molecule has 4 rings (SSSR count). The van der Waals surface area contributed by atoms with Gasteiger partial charge in [0.05, 0.1) is 0 Å². The van der Waals surface area contributed by atoms with E-state index >= 15 is 0 Å². The van der Waals surface area contributed by atoms with E-state index in [4.69, 9.17) is 9.15 Å². The van der Waals surface area contributed by atoms with Gasteiger partial charge >= 0.3 is 0 Å². The molecule has 3 aromatic rings. The van der Waals surface area contributed by atoms with Crippen molar-refractivity contribution in [3.63, 3.8) is 0 Å². The van der Waals surface area contributed by atoms with Crippen LogP contribution >= 0.6 is 0 Å². The lowest BCUT2D eigenvalue weighted by molar-refractivity contribution is -0.279. The summed E-state index contributed by atoms with van der Waals surface area (Å²) in [6, 6.07) is 17.1. The van der Waals surface area contributed by atoms with Crippen molar-refractivity contribution in [2.45, 2.75) is 51.5 Å². The van der Waals surface area contributed by atoms with E-state index in [0.29, 0.717) is 5.76 Å². The van der Waals surface area contributed by atoms with Crippen molar-refractivity contribution in [3.05, 3.63) is 59.2 Å². The number of fused-ring (bicyclic) bond motifs is 1. The van der Waals surface area contributed by atoms with E-state index in [1.54, 1.807) is 18.2 Å². The fraction of sp³-hybridized carbons (Fsp3) is 0.393. The van der Waals surface area contributed by atoms with Crippen molar-refractivity contribution >= 4 is 32.1 Å². The molecular formula is C28H33N3O8S. The Balaban J connectivity index is 1.55. The Morgan fingerprint density at radius 2 is 1.65 bits per heavy atom. The zero-order valence-electron chi connectivity index (χ0n) is 22.4. The third-order valence-electron chi connectivity index (χ3n) is 7.09. The summed E-state index contributed by atoms with van der Waals surface area (Å²) in [5, 5.41) is 50.9. The number of benzene rings is 2. The summed E-state index contributed by atoms with van der Waals surface area (Å²) in [6.07, 6.45) is -8.35. The third-order valence-corrected chi connectivity index (χ3v) is 8.57. The average molecular weight is 572 g/mol. The zero-order valence-corrected chi connectivity index (χ0v) is 23.2. The smallest absolute Gasteiger partial charge is 0.251 e. The van der Waals surface area contributed by atoms with Crippen LogP contribution in [-0.2, 0) is 14.8 Å². The molecule has 0 amide bonds. The maximum absolute atomic E-state index is 12.9. The molecule has 1 aromatic heterocycles. The van der Waals surface area contributed by atoms with Crippen LogP contribution in [-0.4, -0.2) is 79.2 Å². The number of anilines is 1. The largest absolute Gasteiger partial charge is 0.456 e. The van der Waals surface area contributed by atoms with E-state index < -0.39 is 52.2 Å². The number of ether oxygens (including phenoxy) is 1. The highest BCUT2D eigenvalue weighted by atomic mass is 32.2. The summed E-state index contributed by atoms with van der Waals surface area (Å²) in [6.45, 7) is 6.90. The molecule has 214 valence electrons. The van der Waals surface area contributed by atoms with Crippen LogP contribution < -0.4 is 9.62 Å². The molecule has 1 aliphatic rings. The number of nitrogens with zero attached hydrogens (tertiary/aromatic N) is 2. The normalized spacial score (nSPS) is 24.0. The Kier molecular flexibility index (Phi) is 8.96. The number of nitriles is 1. The Hall–Kier alpha value is -3.28. The van der Waals surface area contributed by atoms with Crippen LogP contribution in [0, 0.1) is 11.3 Å². The van der Waals surface area contributed by atoms with Gasteiger partial charge in [0.1, 0.15) is 42.0 Å². The maximum atomic E-state index is 12.9. The molecule has 12 heteroatoms. The highest BCUT2D eigenvalue weighted by molar-refractivity contribution is 7.93. The van der Waals surface area contributed by atoms with Crippen molar-refractivity contribution in [1.82, 2.24) is 4.72 Å². The second kappa shape index (κ2) is 12.1. The van der Waals surface area contributed by atoms with E-state index in [2.05, 4.69) is 35.6 Å². The van der Waals surface area contributed by atoms with Crippen LogP contribution in [0.1, 0.15) is 26.5 Å². The minimum atomic E-state index is -4.40. The number of rotatable bonds is 9. The summed E-state index contributed by atoms with van der Waals surface area (Å²) < 4.78 is 39.0. The number of furan rings is 1. The number of allylic oxidation sites excluding steroid dienone is 2. The first-order valence-corrected chi connectivity index (χ1v) is 14.4. The predicted molar refractivity (Wildman–Crippen MR) is 149 cm³/mol. The first kappa shape index (κ1) is 29.7. The monoisotopic (exact) mass is 571 g/mol. The lowest BCUT2D eigenvalue weighted by Crippen LogP contribution is -2.59. The number of hydrogen-bond donors (Lipinski definition) is 5. The van der Waals surface area contributed by atoms with E-state index in [9.17, 15) is 34.1 Å². The predicted octanol–water partition coefficient (Wildman–Crippen LogP) is 1.92. The molecule has 0 spiro atoms. The number of hydrogen-bond acceptors (Lipinski definition) is 10. The molecule has 0 saturated carbocycles. The van der Waals surface area contributed by atoms with Crippen molar-refractivity contribution in [1.29, 1.82) is 5.26 Å². The SMILES string of the molecule is CCN(CC)c1ccc2cc(-c3ccc(/C(C)=C(\C#N)S(=O)(=O)NC[C@H]4OC(O)[C@H](O)[C@@H](O)[C@@H]4O)o3)ccc2c1. The van der Waals surface area contributed by atoms with Gasteiger partial charge in [-0.3, -0.25) is 0 Å². The van der Waals surface area contributed by atoms with Crippen LogP contribution in [0.4, 0.5) is 5.69 Å². The van der Waals surface area contributed by atoms with Gasteiger partial charge in [0.25, 0.3) is 10.0 Å². The Labute approximate surface area is 232 Å². The van der Waals surface area contributed by atoms with Crippen LogP contribution in [0.15, 0.2) is 57.9 Å². The summed E-state index contributed by atoms with van der Waals surface area (Å²) >= 11 is 0. The molecule has 40 heavy (non-hydrogen) atoms. The van der Waals surface area contributed by atoms with Gasteiger partial charge in [-0.25, -0.2) is 13.1 Å². The van der Waals surface area contributed by atoms with Crippen LogP contribution in [0.3, 0.4) is 0 Å². The minimum Gasteiger partial charge on any atom is -0.456 e. The van der Waals surface area contributed by atoms with E-state index in [0.717, 1.165) is 35.1 Å². The zero-order chi connectivity index (χ0) is 29.2.